The van der Waals surface area contributed by atoms with Gasteiger partial charge in [0.05, 0.1) is 25.4 Å². The van der Waals surface area contributed by atoms with Gasteiger partial charge in [0, 0.05) is 12.8 Å². The minimum Gasteiger partial charge on any atom is -0.466 e. The third-order valence-corrected chi connectivity index (χ3v) is 14.4. The fourth-order valence-electron chi connectivity index (χ4n) is 9.61. The summed E-state index contributed by atoms with van der Waals surface area (Å²) in [5.41, 5.74) is 0. The Hall–Kier alpha value is -1.92. The number of hydrogen-bond acceptors (Lipinski definition) is 5. The lowest BCUT2D eigenvalue weighted by molar-refractivity contribution is -0.143. The third-order valence-electron chi connectivity index (χ3n) is 14.4. The molecule has 0 fully saturated rings. The Morgan fingerprint density at radius 1 is 0.400 bits per heavy atom. The summed E-state index contributed by atoms with van der Waals surface area (Å²) in [7, 11) is 0. The number of rotatable bonds is 58. The second kappa shape index (κ2) is 59.6. The minimum atomic E-state index is -0.850. The van der Waals surface area contributed by atoms with Crippen molar-refractivity contribution in [3.63, 3.8) is 0 Å². The Balaban J connectivity index is 3.43. The number of carbonyl (C=O) groups excluding carboxylic acids is 2. The monoisotopic (exact) mass is 984 g/mol. The molecule has 0 aromatic heterocycles. The molecule has 1 amide bonds. The van der Waals surface area contributed by atoms with Crippen LogP contribution in [0, 0.1) is 0 Å². The van der Waals surface area contributed by atoms with E-state index < -0.39 is 12.1 Å². The Morgan fingerprint density at radius 3 is 1.09 bits per heavy atom. The highest BCUT2D eigenvalue weighted by atomic mass is 16.5. The number of carbonyl (C=O) groups is 2. The van der Waals surface area contributed by atoms with E-state index in [1.54, 1.807) is 6.08 Å². The molecular weight excluding hydrogens is 863 g/mol. The predicted octanol–water partition coefficient (Wildman–Crippen LogP) is 19.6. The molecule has 0 rings (SSSR count). The van der Waals surface area contributed by atoms with E-state index in [4.69, 9.17) is 4.74 Å². The maximum absolute atomic E-state index is 12.4. The van der Waals surface area contributed by atoms with Crippen LogP contribution in [0.2, 0.25) is 0 Å². The zero-order valence-corrected chi connectivity index (χ0v) is 47.0. The Labute approximate surface area is 436 Å². The van der Waals surface area contributed by atoms with E-state index in [2.05, 4.69) is 43.5 Å². The molecule has 0 aliphatic carbocycles. The normalized spacial score (nSPS) is 12.8. The van der Waals surface area contributed by atoms with Gasteiger partial charge in [0.2, 0.25) is 5.91 Å². The molecule has 0 aliphatic rings. The standard InChI is InChI=1S/C64H121NO5/c1-3-5-7-9-11-13-15-17-18-19-28-31-34-38-42-46-50-54-58-64(69)70-59-55-51-47-43-39-35-32-29-26-24-22-20-21-23-25-27-30-33-37-41-45-49-53-57-63(68)65-61(60-66)62(67)56-52-48-44-40-36-16-14-12-10-8-6-4-2/h20,22-23,25,52,56,61-62,66-67H,3-19,21,24,26-51,53-55,57-60H2,1-2H3,(H,65,68)/b22-20-,25-23-,56-52+. The van der Waals surface area contributed by atoms with Crippen molar-refractivity contribution in [1.29, 1.82) is 0 Å². The van der Waals surface area contributed by atoms with E-state index in [9.17, 15) is 19.8 Å². The van der Waals surface area contributed by atoms with Crippen molar-refractivity contribution in [1.82, 2.24) is 5.32 Å². The van der Waals surface area contributed by atoms with Gasteiger partial charge in [-0.15, -0.1) is 0 Å². The number of aliphatic hydroxyl groups excluding tert-OH is 2. The number of unbranched alkanes of at least 4 members (excludes halogenated alkanes) is 43. The largest absolute Gasteiger partial charge is 0.466 e. The van der Waals surface area contributed by atoms with Crippen molar-refractivity contribution in [3.8, 4) is 0 Å². The van der Waals surface area contributed by atoms with Gasteiger partial charge < -0.3 is 20.3 Å². The molecule has 0 aromatic rings. The van der Waals surface area contributed by atoms with Crippen molar-refractivity contribution >= 4 is 11.9 Å². The summed E-state index contributed by atoms with van der Waals surface area (Å²) in [6.45, 7) is 4.90. The maximum Gasteiger partial charge on any atom is 0.305 e. The molecule has 6 nitrogen and oxygen atoms in total. The molecule has 0 saturated carbocycles. The summed E-state index contributed by atoms with van der Waals surface area (Å²) in [6, 6.07) is -0.635. The molecule has 2 atom stereocenters. The van der Waals surface area contributed by atoms with Gasteiger partial charge in [-0.2, -0.15) is 0 Å². The number of aliphatic hydroxyl groups is 2. The van der Waals surface area contributed by atoms with E-state index in [1.165, 1.54) is 250 Å². The number of ether oxygens (including phenoxy) is 1. The quantitative estimate of drug-likeness (QED) is 0.0321. The molecule has 0 radical (unpaired) electrons. The van der Waals surface area contributed by atoms with Crippen LogP contribution >= 0.6 is 0 Å². The molecule has 6 heteroatoms. The van der Waals surface area contributed by atoms with E-state index in [0.29, 0.717) is 19.4 Å². The van der Waals surface area contributed by atoms with Gasteiger partial charge in [0.25, 0.3) is 0 Å². The molecule has 0 bridgehead atoms. The van der Waals surface area contributed by atoms with E-state index in [-0.39, 0.29) is 18.5 Å². The molecule has 0 spiro atoms. The van der Waals surface area contributed by atoms with Crippen LogP contribution < -0.4 is 5.32 Å². The van der Waals surface area contributed by atoms with Crippen molar-refractivity contribution < 1.29 is 24.5 Å². The van der Waals surface area contributed by atoms with Crippen molar-refractivity contribution in [2.75, 3.05) is 13.2 Å². The first-order chi connectivity index (χ1) is 34.5. The lowest BCUT2D eigenvalue weighted by atomic mass is 10.0. The number of nitrogens with one attached hydrogen (secondary N) is 1. The number of hydrogen-bond donors (Lipinski definition) is 3. The van der Waals surface area contributed by atoms with Gasteiger partial charge in [-0.25, -0.2) is 0 Å². The van der Waals surface area contributed by atoms with E-state index in [0.717, 1.165) is 57.8 Å². The SMILES string of the molecule is CCCCCCCCCCCC/C=C/C(O)C(CO)NC(=O)CCCCCCCCC/C=C\C/C=C\CCCCCCCCCCCOC(=O)CCCCCCCCCCCCCCCCCCCC. The first-order valence-corrected chi connectivity index (χ1v) is 31.3. The van der Waals surface area contributed by atoms with Gasteiger partial charge >= 0.3 is 5.97 Å². The lowest BCUT2D eigenvalue weighted by Gasteiger charge is -2.20. The molecular formula is C64H121NO5. The molecule has 0 aromatic carbocycles. The fraction of sp³-hybridized carbons (Fsp3) is 0.875. The average Bonchev–Trinajstić information content (AvgIpc) is 3.36. The first kappa shape index (κ1) is 68.1. The summed E-state index contributed by atoms with van der Waals surface area (Å²) >= 11 is 0. The van der Waals surface area contributed by atoms with Crippen molar-refractivity contribution in [3.05, 3.63) is 36.5 Å². The topological polar surface area (TPSA) is 95.9 Å². The second-order valence-electron chi connectivity index (χ2n) is 21.4. The van der Waals surface area contributed by atoms with E-state index >= 15 is 0 Å². The van der Waals surface area contributed by atoms with Crippen LogP contribution in [0.4, 0.5) is 0 Å². The van der Waals surface area contributed by atoms with Crippen LogP contribution in [0.15, 0.2) is 36.5 Å². The molecule has 0 aliphatic heterocycles. The minimum absolute atomic E-state index is 0.0108. The Bertz CT molecular complexity index is 1130. The zero-order chi connectivity index (χ0) is 50.7. The van der Waals surface area contributed by atoms with Crippen LogP contribution in [-0.4, -0.2) is 47.4 Å². The maximum atomic E-state index is 12.4. The van der Waals surface area contributed by atoms with E-state index in [1.807, 2.05) is 6.08 Å². The highest BCUT2D eigenvalue weighted by molar-refractivity contribution is 5.76. The lowest BCUT2D eigenvalue weighted by Crippen LogP contribution is -2.45. The van der Waals surface area contributed by atoms with Crippen LogP contribution in [0.25, 0.3) is 0 Å². The molecule has 70 heavy (non-hydrogen) atoms. The average molecular weight is 985 g/mol. The number of amides is 1. The van der Waals surface area contributed by atoms with Crippen LogP contribution in [-0.2, 0) is 14.3 Å². The number of esters is 1. The fourth-order valence-corrected chi connectivity index (χ4v) is 9.61. The van der Waals surface area contributed by atoms with Crippen LogP contribution in [0.5, 0.6) is 0 Å². The summed E-state index contributed by atoms with van der Waals surface area (Å²) in [5, 5.41) is 23.0. The molecule has 0 heterocycles. The third kappa shape index (κ3) is 55.4. The second-order valence-corrected chi connectivity index (χ2v) is 21.4. The number of allylic oxidation sites excluding steroid dienone is 5. The van der Waals surface area contributed by atoms with Gasteiger partial charge in [0.15, 0.2) is 0 Å². The summed E-state index contributed by atoms with van der Waals surface area (Å²) in [6.07, 6.45) is 74.8. The van der Waals surface area contributed by atoms with Gasteiger partial charge in [-0.1, -0.05) is 294 Å². The summed E-state index contributed by atoms with van der Waals surface area (Å²) in [5.74, 6) is -0.0679. The molecule has 3 N–H and O–H groups in total. The van der Waals surface area contributed by atoms with Crippen LogP contribution in [0.3, 0.4) is 0 Å². The first-order valence-electron chi connectivity index (χ1n) is 31.3. The van der Waals surface area contributed by atoms with Crippen LogP contribution in [0.1, 0.15) is 335 Å². The highest BCUT2D eigenvalue weighted by Gasteiger charge is 2.18. The summed E-state index contributed by atoms with van der Waals surface area (Å²) in [4.78, 5) is 24.5. The Kier molecular flexibility index (Phi) is 58.0. The van der Waals surface area contributed by atoms with Gasteiger partial charge in [0.1, 0.15) is 0 Å². The van der Waals surface area contributed by atoms with Crippen molar-refractivity contribution in [2.45, 2.75) is 347 Å². The summed E-state index contributed by atoms with van der Waals surface area (Å²) < 4.78 is 5.50. The van der Waals surface area contributed by atoms with Gasteiger partial charge in [-0.3, -0.25) is 9.59 Å². The van der Waals surface area contributed by atoms with Gasteiger partial charge in [-0.05, 0) is 64.2 Å². The highest BCUT2D eigenvalue weighted by Crippen LogP contribution is 2.17. The Morgan fingerprint density at radius 2 is 0.714 bits per heavy atom. The molecule has 0 saturated heterocycles. The van der Waals surface area contributed by atoms with Crippen molar-refractivity contribution in [2.24, 2.45) is 0 Å². The molecule has 412 valence electrons. The smallest absolute Gasteiger partial charge is 0.305 e. The predicted molar refractivity (Wildman–Crippen MR) is 306 cm³/mol. The zero-order valence-electron chi connectivity index (χ0n) is 47.0. The molecule has 2 unspecified atom stereocenters.